The predicted octanol–water partition coefficient (Wildman–Crippen LogP) is 3.59. The number of benzene rings is 1. The number of nitrogens with two attached hydrogens (primary N) is 1. The van der Waals surface area contributed by atoms with Crippen molar-refractivity contribution in [2.24, 2.45) is 5.41 Å². The molecule has 0 saturated carbocycles. The lowest BCUT2D eigenvalue weighted by atomic mass is 9.81. The summed E-state index contributed by atoms with van der Waals surface area (Å²) < 4.78 is 0. The Kier molecular flexibility index (Phi) is 4.13. The minimum Gasteiger partial charge on any atom is -0.478 e. The molecule has 0 spiro atoms. The first-order valence-corrected chi connectivity index (χ1v) is 6.41. The maximum atomic E-state index is 11.2. The minimum atomic E-state index is -0.950. The summed E-state index contributed by atoms with van der Waals surface area (Å²) in [5.74, 6) is -0.950. The summed E-state index contributed by atoms with van der Waals surface area (Å²) in [7, 11) is 0. The van der Waals surface area contributed by atoms with Crippen LogP contribution in [0.5, 0.6) is 0 Å². The Labute approximate surface area is 115 Å². The average Bonchev–Trinajstić information content (AvgIpc) is 2.11. The van der Waals surface area contributed by atoms with E-state index in [4.69, 9.17) is 5.73 Å². The zero-order valence-electron chi connectivity index (χ0n) is 12.4. The number of nitrogen functional groups attached to an aromatic ring is 1. The van der Waals surface area contributed by atoms with Crippen molar-refractivity contribution in [2.75, 3.05) is 11.1 Å². The van der Waals surface area contributed by atoms with Crippen molar-refractivity contribution in [1.29, 1.82) is 0 Å². The molecule has 4 heteroatoms. The van der Waals surface area contributed by atoms with E-state index in [2.05, 4.69) is 39.9 Å². The van der Waals surface area contributed by atoms with Crippen LogP contribution in [-0.4, -0.2) is 16.6 Å². The largest absolute Gasteiger partial charge is 0.478 e. The maximum Gasteiger partial charge on any atom is 0.337 e. The van der Waals surface area contributed by atoms with Crippen molar-refractivity contribution in [3.8, 4) is 0 Å². The molecule has 1 aromatic rings. The lowest BCUT2D eigenvalue weighted by Crippen LogP contribution is -2.36. The molecule has 0 radical (unpaired) electrons. The summed E-state index contributed by atoms with van der Waals surface area (Å²) in [5, 5.41) is 12.5. The van der Waals surface area contributed by atoms with Crippen molar-refractivity contribution in [3.63, 3.8) is 0 Å². The number of hydrogen-bond donors (Lipinski definition) is 3. The third-order valence-electron chi connectivity index (χ3n) is 2.72. The van der Waals surface area contributed by atoms with Crippen molar-refractivity contribution < 1.29 is 9.90 Å². The zero-order chi connectivity index (χ0) is 14.8. The van der Waals surface area contributed by atoms with Gasteiger partial charge in [-0.3, -0.25) is 0 Å². The van der Waals surface area contributed by atoms with E-state index in [1.54, 1.807) is 12.1 Å². The summed E-state index contributed by atoms with van der Waals surface area (Å²) in [4.78, 5) is 11.2. The summed E-state index contributed by atoms with van der Waals surface area (Å²) in [5.41, 5.74) is 7.05. The fourth-order valence-electron chi connectivity index (χ4n) is 2.59. The first-order valence-electron chi connectivity index (χ1n) is 6.41. The minimum absolute atomic E-state index is 0.153. The normalized spacial score (nSPS) is 12.3. The van der Waals surface area contributed by atoms with Crippen molar-refractivity contribution >= 4 is 17.3 Å². The molecule has 0 fully saturated rings. The Bertz CT molecular complexity index is 474. The Morgan fingerprint density at radius 2 is 1.84 bits per heavy atom. The highest BCUT2D eigenvalue weighted by molar-refractivity contribution is 5.95. The monoisotopic (exact) mass is 264 g/mol. The molecule has 0 aromatic heterocycles. The van der Waals surface area contributed by atoms with Crippen molar-refractivity contribution in [2.45, 2.75) is 46.6 Å². The van der Waals surface area contributed by atoms with Gasteiger partial charge < -0.3 is 16.2 Å². The van der Waals surface area contributed by atoms with Gasteiger partial charge in [-0.05, 0) is 43.9 Å². The molecule has 0 aliphatic rings. The Morgan fingerprint density at radius 1 is 1.26 bits per heavy atom. The van der Waals surface area contributed by atoms with Gasteiger partial charge in [0.2, 0.25) is 0 Å². The van der Waals surface area contributed by atoms with E-state index < -0.39 is 5.97 Å². The number of aromatic carboxylic acids is 1. The van der Waals surface area contributed by atoms with Gasteiger partial charge in [-0.15, -0.1) is 0 Å². The van der Waals surface area contributed by atoms with E-state index >= 15 is 0 Å². The number of carboxylic acid groups (broad SMARTS) is 1. The van der Waals surface area contributed by atoms with Crippen LogP contribution in [0.25, 0.3) is 0 Å². The fraction of sp³-hybridized carbons (Fsp3) is 0.533. The summed E-state index contributed by atoms with van der Waals surface area (Å²) >= 11 is 0. The second kappa shape index (κ2) is 5.11. The molecule has 0 bridgehead atoms. The molecule has 0 unspecified atom stereocenters. The molecule has 0 atom stereocenters. The number of nitrogens with one attached hydrogen (secondary N) is 1. The number of anilines is 2. The number of carbonyl (C=O) groups is 1. The van der Waals surface area contributed by atoms with Gasteiger partial charge in [0.05, 0.1) is 11.3 Å². The smallest absolute Gasteiger partial charge is 0.337 e. The van der Waals surface area contributed by atoms with Gasteiger partial charge in [0.15, 0.2) is 0 Å². The van der Waals surface area contributed by atoms with Gasteiger partial charge in [0.1, 0.15) is 0 Å². The van der Waals surface area contributed by atoms with E-state index in [0.717, 1.165) is 6.42 Å². The van der Waals surface area contributed by atoms with Crippen LogP contribution in [0.15, 0.2) is 18.2 Å². The highest BCUT2D eigenvalue weighted by Crippen LogP contribution is 2.31. The summed E-state index contributed by atoms with van der Waals surface area (Å²) in [6.07, 6.45) is 0.911. The molecule has 0 saturated heterocycles. The fourth-order valence-corrected chi connectivity index (χ4v) is 2.59. The zero-order valence-corrected chi connectivity index (χ0v) is 12.4. The van der Waals surface area contributed by atoms with Crippen LogP contribution in [-0.2, 0) is 0 Å². The molecular weight excluding hydrogens is 240 g/mol. The van der Waals surface area contributed by atoms with E-state index in [1.807, 2.05) is 0 Å². The van der Waals surface area contributed by atoms with Gasteiger partial charge in [0.25, 0.3) is 0 Å². The second-order valence-corrected chi connectivity index (χ2v) is 6.86. The van der Waals surface area contributed by atoms with Gasteiger partial charge in [-0.1, -0.05) is 20.8 Å². The quantitative estimate of drug-likeness (QED) is 0.726. The molecule has 0 aliphatic carbocycles. The molecule has 1 rings (SSSR count). The topological polar surface area (TPSA) is 75.3 Å². The van der Waals surface area contributed by atoms with Gasteiger partial charge in [0, 0.05) is 11.2 Å². The molecule has 4 nitrogen and oxygen atoms in total. The Hall–Kier alpha value is -1.71. The lowest BCUT2D eigenvalue weighted by molar-refractivity contribution is 0.0698. The first kappa shape index (κ1) is 15.3. The summed E-state index contributed by atoms with van der Waals surface area (Å²) in [6, 6.07) is 4.81. The summed E-state index contributed by atoms with van der Waals surface area (Å²) in [6.45, 7) is 10.6. The van der Waals surface area contributed by atoms with Gasteiger partial charge in [-0.25, -0.2) is 4.79 Å². The van der Waals surface area contributed by atoms with Gasteiger partial charge in [-0.2, -0.15) is 0 Å². The molecule has 19 heavy (non-hydrogen) atoms. The van der Waals surface area contributed by atoms with Crippen LogP contribution < -0.4 is 11.1 Å². The van der Waals surface area contributed by atoms with Crippen LogP contribution in [0.3, 0.4) is 0 Å². The Morgan fingerprint density at radius 3 is 2.32 bits per heavy atom. The lowest BCUT2D eigenvalue weighted by Gasteiger charge is -2.34. The van der Waals surface area contributed by atoms with Crippen molar-refractivity contribution in [1.82, 2.24) is 0 Å². The molecular formula is C15H24N2O2. The van der Waals surface area contributed by atoms with Crippen LogP contribution in [0.2, 0.25) is 0 Å². The molecule has 106 valence electrons. The molecule has 0 aliphatic heterocycles. The highest BCUT2D eigenvalue weighted by atomic mass is 16.4. The predicted molar refractivity (Wildman–Crippen MR) is 79.6 cm³/mol. The Balaban J connectivity index is 3.04. The average molecular weight is 264 g/mol. The SMILES string of the molecule is CC(C)(C)CC(C)(C)Nc1cc(N)ccc1C(=O)O. The third kappa shape index (κ3) is 4.81. The molecule has 0 heterocycles. The molecule has 1 aromatic carbocycles. The molecule has 0 amide bonds. The number of hydrogen-bond acceptors (Lipinski definition) is 3. The van der Waals surface area contributed by atoms with E-state index in [0.29, 0.717) is 11.4 Å². The van der Waals surface area contributed by atoms with Crippen LogP contribution in [0, 0.1) is 5.41 Å². The molecule has 4 N–H and O–H groups in total. The van der Waals surface area contributed by atoms with Crippen LogP contribution in [0.4, 0.5) is 11.4 Å². The van der Waals surface area contributed by atoms with Crippen molar-refractivity contribution in [3.05, 3.63) is 23.8 Å². The maximum absolute atomic E-state index is 11.2. The number of rotatable bonds is 4. The van der Waals surface area contributed by atoms with Crippen LogP contribution >= 0.6 is 0 Å². The number of carboxylic acids is 1. The van der Waals surface area contributed by atoms with E-state index in [-0.39, 0.29) is 16.5 Å². The van der Waals surface area contributed by atoms with E-state index in [9.17, 15) is 9.90 Å². The van der Waals surface area contributed by atoms with Gasteiger partial charge >= 0.3 is 5.97 Å². The van der Waals surface area contributed by atoms with E-state index in [1.165, 1.54) is 6.07 Å². The standard InChI is InChI=1S/C15H24N2O2/c1-14(2,3)9-15(4,5)17-12-8-10(16)6-7-11(12)13(18)19/h6-8,17H,9,16H2,1-5H3,(H,18,19). The van der Waals surface area contributed by atoms with Crippen LogP contribution in [0.1, 0.15) is 51.4 Å². The first-order chi connectivity index (χ1) is 8.50. The third-order valence-corrected chi connectivity index (χ3v) is 2.72. The second-order valence-electron chi connectivity index (χ2n) is 6.86. The highest BCUT2D eigenvalue weighted by Gasteiger charge is 2.26.